The summed E-state index contributed by atoms with van der Waals surface area (Å²) >= 11 is 12.6. The molecule has 1 aromatic heterocycles. The van der Waals surface area contributed by atoms with Crippen LogP contribution in [0.2, 0.25) is 10.0 Å². The van der Waals surface area contributed by atoms with Crippen LogP contribution in [0.5, 0.6) is 11.5 Å². The number of anilines is 1. The molecule has 2 fully saturated rings. The fraction of sp³-hybridized carbons (Fsp3) is 0.536. The summed E-state index contributed by atoms with van der Waals surface area (Å²) in [4.78, 5) is 31.9. The van der Waals surface area contributed by atoms with E-state index < -0.39 is 24.2 Å². The van der Waals surface area contributed by atoms with Gasteiger partial charge in [0.05, 0.1) is 22.2 Å². The van der Waals surface area contributed by atoms with Crippen LogP contribution in [-0.4, -0.2) is 73.6 Å². The number of rotatable bonds is 11. The third kappa shape index (κ3) is 7.90. The number of ether oxygens (including phenoxy) is 3. The number of carbonyl (C=O) groups is 2. The Kier molecular flexibility index (Phi) is 9.99. The maximum Gasteiger partial charge on any atom is 0.405 e. The van der Waals surface area contributed by atoms with Gasteiger partial charge in [0.2, 0.25) is 0 Å². The highest BCUT2D eigenvalue weighted by molar-refractivity contribution is 6.36. The number of nitrogens with one attached hydrogen (secondary N) is 2. The second-order valence-corrected chi connectivity index (χ2v) is 11.6. The maximum atomic E-state index is 13.3. The minimum atomic E-state index is -4.49. The fourth-order valence-electron chi connectivity index (χ4n) is 5.24. The van der Waals surface area contributed by atoms with Crippen molar-refractivity contribution in [2.45, 2.75) is 69.4 Å². The van der Waals surface area contributed by atoms with Crippen LogP contribution in [0.4, 0.5) is 19.0 Å². The number of amides is 2. The number of hydrogen-bond acceptors (Lipinski definition) is 7. The van der Waals surface area contributed by atoms with Gasteiger partial charge in [-0.1, -0.05) is 23.2 Å². The van der Waals surface area contributed by atoms with Gasteiger partial charge in [-0.25, -0.2) is 4.98 Å². The Balaban J connectivity index is 1.35. The Morgan fingerprint density at radius 1 is 1.05 bits per heavy atom. The fourth-order valence-corrected chi connectivity index (χ4v) is 5.72. The molecule has 0 radical (unpaired) electrons. The van der Waals surface area contributed by atoms with Crippen LogP contribution >= 0.6 is 23.2 Å². The Bertz CT molecular complexity index is 1270. The van der Waals surface area contributed by atoms with Crippen molar-refractivity contribution in [2.75, 3.05) is 31.8 Å². The molecule has 4 rings (SSSR count). The number of hydrogen-bond donors (Lipinski definition) is 2. The predicted molar refractivity (Wildman–Crippen MR) is 152 cm³/mol. The van der Waals surface area contributed by atoms with E-state index in [-0.39, 0.29) is 47.0 Å². The van der Waals surface area contributed by atoms with Gasteiger partial charge in [-0.05, 0) is 57.7 Å². The first-order valence-electron chi connectivity index (χ1n) is 13.5. The van der Waals surface area contributed by atoms with Gasteiger partial charge in [-0.2, -0.15) is 13.2 Å². The summed E-state index contributed by atoms with van der Waals surface area (Å²) in [6.45, 7) is 2.54. The summed E-state index contributed by atoms with van der Waals surface area (Å²) < 4.78 is 53.9. The lowest BCUT2D eigenvalue weighted by molar-refractivity contribution is -0.135. The number of halogens is 5. The van der Waals surface area contributed by atoms with Gasteiger partial charge in [-0.3, -0.25) is 9.59 Å². The number of piperidine rings is 1. The zero-order valence-electron chi connectivity index (χ0n) is 23.4. The van der Waals surface area contributed by atoms with E-state index >= 15 is 0 Å². The first-order valence-corrected chi connectivity index (χ1v) is 14.2. The van der Waals surface area contributed by atoms with Gasteiger partial charge < -0.3 is 29.7 Å². The van der Waals surface area contributed by atoms with E-state index in [0.717, 1.165) is 12.8 Å². The van der Waals surface area contributed by atoms with Gasteiger partial charge in [0.1, 0.15) is 30.5 Å². The van der Waals surface area contributed by atoms with Crippen LogP contribution in [0.25, 0.3) is 0 Å². The van der Waals surface area contributed by atoms with E-state index in [0.29, 0.717) is 36.0 Å². The Morgan fingerprint density at radius 2 is 1.71 bits per heavy atom. The summed E-state index contributed by atoms with van der Waals surface area (Å²) in [5.41, 5.74) is -1.21. The molecule has 2 aromatic rings. The summed E-state index contributed by atoms with van der Waals surface area (Å²) in [6.07, 6.45) is -0.0593. The van der Waals surface area contributed by atoms with E-state index in [1.165, 1.54) is 18.3 Å². The molecule has 3 atom stereocenters. The largest absolute Gasteiger partial charge is 0.489 e. The number of carbonyl (C=O) groups excluding carboxylic acids is 2. The standard InChI is InChI=1S/C28H33Cl2F3N4O5/c1-27(2,42-23-13-22(41-9-8-40-3)20(29)12-21(23)30)26(39)36-17-10-18-5-6-19(11-17)37(18)24-7-4-16(14-34-24)25(38)35-15-28(31,32)33/h4,7,12-14,17-19H,5-6,8-11,15H2,1-3H3,(H,35,38)(H,36,39)/t17-,18+,19-. The zero-order valence-corrected chi connectivity index (χ0v) is 24.9. The maximum absolute atomic E-state index is 13.3. The highest BCUT2D eigenvalue weighted by Gasteiger charge is 2.43. The van der Waals surface area contributed by atoms with Crippen molar-refractivity contribution in [1.29, 1.82) is 0 Å². The molecule has 230 valence electrons. The molecule has 2 N–H and O–H groups in total. The van der Waals surface area contributed by atoms with Crippen molar-refractivity contribution in [3.63, 3.8) is 0 Å². The van der Waals surface area contributed by atoms with Crippen molar-refractivity contribution in [3.8, 4) is 11.5 Å². The molecule has 2 bridgehead atoms. The highest BCUT2D eigenvalue weighted by atomic mass is 35.5. The van der Waals surface area contributed by atoms with Crippen LogP contribution in [0.1, 0.15) is 49.9 Å². The van der Waals surface area contributed by atoms with Gasteiger partial charge in [0, 0.05) is 37.5 Å². The third-order valence-electron chi connectivity index (χ3n) is 7.24. The molecule has 1 aromatic carbocycles. The molecule has 0 spiro atoms. The molecule has 0 saturated carbocycles. The van der Waals surface area contributed by atoms with Gasteiger partial charge >= 0.3 is 6.18 Å². The second-order valence-electron chi connectivity index (χ2n) is 10.8. The molecular weight excluding hydrogens is 600 g/mol. The van der Waals surface area contributed by atoms with E-state index in [4.69, 9.17) is 37.4 Å². The lowest BCUT2D eigenvalue weighted by atomic mass is 9.96. The normalized spacial score (nSPS) is 20.3. The summed E-state index contributed by atoms with van der Waals surface area (Å²) in [7, 11) is 1.56. The van der Waals surface area contributed by atoms with Crippen LogP contribution in [0.3, 0.4) is 0 Å². The average molecular weight is 633 g/mol. The molecule has 2 aliphatic rings. The lowest BCUT2D eigenvalue weighted by Crippen LogP contribution is -2.55. The summed E-state index contributed by atoms with van der Waals surface area (Å²) in [5.74, 6) is 0.113. The summed E-state index contributed by atoms with van der Waals surface area (Å²) in [5, 5.41) is 5.51. The first kappa shape index (κ1) is 32.0. The second kappa shape index (κ2) is 13.1. The number of alkyl halides is 3. The number of pyridine rings is 1. The van der Waals surface area contributed by atoms with Crippen LogP contribution in [0, 0.1) is 0 Å². The number of aromatic nitrogens is 1. The molecule has 9 nitrogen and oxygen atoms in total. The predicted octanol–water partition coefficient (Wildman–Crippen LogP) is 5.18. The monoisotopic (exact) mass is 632 g/mol. The van der Waals surface area contributed by atoms with Crippen LogP contribution in [0.15, 0.2) is 30.5 Å². The molecule has 3 heterocycles. The molecule has 42 heavy (non-hydrogen) atoms. The van der Waals surface area contributed by atoms with Crippen LogP contribution in [-0.2, 0) is 9.53 Å². The third-order valence-corrected chi connectivity index (χ3v) is 7.83. The van der Waals surface area contributed by atoms with E-state index in [1.54, 1.807) is 33.1 Å². The van der Waals surface area contributed by atoms with Crippen molar-refractivity contribution in [1.82, 2.24) is 15.6 Å². The van der Waals surface area contributed by atoms with Crippen molar-refractivity contribution in [2.24, 2.45) is 0 Å². The molecule has 2 amide bonds. The first-order chi connectivity index (χ1) is 19.8. The number of benzene rings is 1. The Hall–Kier alpha value is -2.96. The van der Waals surface area contributed by atoms with Crippen molar-refractivity contribution in [3.05, 3.63) is 46.1 Å². The van der Waals surface area contributed by atoms with Gasteiger partial charge in [0.15, 0.2) is 5.60 Å². The smallest absolute Gasteiger partial charge is 0.405 e. The molecule has 2 aliphatic heterocycles. The van der Waals surface area contributed by atoms with E-state index in [2.05, 4.69) is 15.2 Å². The Morgan fingerprint density at radius 3 is 2.31 bits per heavy atom. The average Bonchev–Trinajstić information content (AvgIpc) is 3.19. The minimum absolute atomic E-state index is 0.0502. The van der Waals surface area contributed by atoms with E-state index in [9.17, 15) is 22.8 Å². The highest BCUT2D eigenvalue weighted by Crippen LogP contribution is 2.40. The van der Waals surface area contributed by atoms with Gasteiger partial charge in [0.25, 0.3) is 11.8 Å². The molecular formula is C28H33Cl2F3N4O5. The number of nitrogens with zero attached hydrogens (tertiary/aromatic N) is 2. The zero-order chi connectivity index (χ0) is 30.7. The molecule has 2 saturated heterocycles. The van der Waals surface area contributed by atoms with Crippen LogP contribution < -0.4 is 25.0 Å². The topological polar surface area (TPSA) is 102 Å². The Labute approximate surface area is 252 Å². The number of methoxy groups -OCH3 is 1. The van der Waals surface area contributed by atoms with E-state index in [1.807, 2.05) is 5.32 Å². The SMILES string of the molecule is COCCOc1cc(OC(C)(C)C(=O)N[C@H]2C[C@H]3CC[C@@H](C2)N3c2ccc(C(=O)NCC(F)(F)F)cn2)c(Cl)cc1Cl. The summed E-state index contributed by atoms with van der Waals surface area (Å²) in [6, 6.07) is 6.27. The van der Waals surface area contributed by atoms with Crippen molar-refractivity contribution < 1.29 is 37.0 Å². The lowest BCUT2D eigenvalue weighted by Gasteiger charge is -2.40. The molecule has 0 aliphatic carbocycles. The van der Waals surface area contributed by atoms with Gasteiger partial charge in [-0.15, -0.1) is 0 Å². The number of fused-ring (bicyclic) bond motifs is 2. The molecule has 0 unspecified atom stereocenters. The molecule has 14 heteroatoms. The van der Waals surface area contributed by atoms with Crippen molar-refractivity contribution >= 4 is 40.8 Å². The minimum Gasteiger partial charge on any atom is -0.489 e. The quantitative estimate of drug-likeness (QED) is 0.329.